The Hall–Kier alpha value is -1.49. The maximum Gasteiger partial charge on any atom is 0.132 e. The highest BCUT2D eigenvalue weighted by atomic mass is 15.3. The first kappa shape index (κ1) is 9.72. The van der Waals surface area contributed by atoms with Gasteiger partial charge in [-0.3, -0.25) is 4.68 Å². The highest BCUT2D eigenvalue weighted by Gasteiger charge is 2.18. The van der Waals surface area contributed by atoms with Gasteiger partial charge in [-0.15, -0.1) is 0 Å². The Labute approximate surface area is 93.9 Å². The van der Waals surface area contributed by atoms with Gasteiger partial charge in [0.2, 0.25) is 0 Å². The van der Waals surface area contributed by atoms with Crippen LogP contribution >= 0.6 is 0 Å². The van der Waals surface area contributed by atoms with Crippen molar-refractivity contribution in [3.05, 3.63) is 18.2 Å². The summed E-state index contributed by atoms with van der Waals surface area (Å²) < 4.78 is 1.81. The lowest BCUT2D eigenvalue weighted by atomic mass is 9.97. The fourth-order valence-electron chi connectivity index (χ4n) is 2.23. The number of fused-ring (bicyclic) bond motifs is 1. The minimum absolute atomic E-state index is 0.505. The molecule has 0 bridgehead atoms. The van der Waals surface area contributed by atoms with Crippen molar-refractivity contribution >= 4 is 11.0 Å². The molecule has 5 nitrogen and oxygen atoms in total. The molecule has 1 saturated heterocycles. The second kappa shape index (κ2) is 3.83. The normalized spacial score (nSPS) is 18.1. The molecule has 1 aliphatic rings. The van der Waals surface area contributed by atoms with Crippen molar-refractivity contribution in [1.29, 1.82) is 0 Å². The lowest BCUT2D eigenvalue weighted by molar-refractivity contribution is 0.446. The molecule has 0 spiro atoms. The van der Waals surface area contributed by atoms with Crippen LogP contribution in [0.2, 0.25) is 0 Å². The monoisotopic (exact) mass is 217 g/mol. The molecule has 16 heavy (non-hydrogen) atoms. The summed E-state index contributed by atoms with van der Waals surface area (Å²) in [5.41, 5.74) is 1.95. The summed E-state index contributed by atoms with van der Waals surface area (Å²) in [7, 11) is 1.91. The van der Waals surface area contributed by atoms with Crippen LogP contribution in [0.25, 0.3) is 11.0 Å². The van der Waals surface area contributed by atoms with Crippen molar-refractivity contribution in [3.8, 4) is 0 Å². The minimum atomic E-state index is 0.505. The van der Waals surface area contributed by atoms with Gasteiger partial charge in [0.25, 0.3) is 0 Å². The summed E-state index contributed by atoms with van der Waals surface area (Å²) in [6.07, 6.45) is 5.95. The fourth-order valence-corrected chi connectivity index (χ4v) is 2.23. The lowest BCUT2D eigenvalue weighted by Gasteiger charge is -2.20. The number of hydrogen-bond acceptors (Lipinski definition) is 4. The molecule has 1 aliphatic heterocycles. The quantitative estimate of drug-likeness (QED) is 0.768. The van der Waals surface area contributed by atoms with Gasteiger partial charge in [0, 0.05) is 13.0 Å². The zero-order chi connectivity index (χ0) is 11.0. The van der Waals surface area contributed by atoms with E-state index in [1.54, 1.807) is 0 Å². The van der Waals surface area contributed by atoms with Crippen molar-refractivity contribution in [1.82, 2.24) is 25.1 Å². The van der Waals surface area contributed by atoms with Crippen LogP contribution in [0.4, 0.5) is 0 Å². The van der Waals surface area contributed by atoms with Gasteiger partial charge in [-0.2, -0.15) is 5.10 Å². The average molecular weight is 217 g/mol. The number of piperidine rings is 1. The second-order valence-electron chi connectivity index (χ2n) is 4.29. The van der Waals surface area contributed by atoms with E-state index in [-0.39, 0.29) is 0 Å². The Morgan fingerprint density at radius 2 is 2.12 bits per heavy atom. The van der Waals surface area contributed by atoms with Gasteiger partial charge in [-0.05, 0) is 25.9 Å². The largest absolute Gasteiger partial charge is 0.317 e. The van der Waals surface area contributed by atoms with Crippen LogP contribution in [0.1, 0.15) is 24.6 Å². The van der Waals surface area contributed by atoms with Crippen LogP contribution in [0.3, 0.4) is 0 Å². The van der Waals surface area contributed by atoms with Crippen LogP contribution in [0.15, 0.2) is 12.4 Å². The molecule has 0 radical (unpaired) electrons. The van der Waals surface area contributed by atoms with Gasteiger partial charge >= 0.3 is 0 Å². The first-order chi connectivity index (χ1) is 7.84. The standard InChI is InChI=1S/C11H15N5/c1-16-10-7-13-11(15-9(10)6-14-16)8-2-4-12-5-3-8/h6-8,12H,2-5H2,1H3. The molecule has 0 aliphatic carbocycles. The van der Waals surface area contributed by atoms with E-state index in [2.05, 4.69) is 20.4 Å². The molecular weight excluding hydrogens is 202 g/mol. The van der Waals surface area contributed by atoms with Crippen molar-refractivity contribution in [2.24, 2.45) is 7.05 Å². The van der Waals surface area contributed by atoms with Crippen LogP contribution < -0.4 is 5.32 Å². The summed E-state index contributed by atoms with van der Waals surface area (Å²) in [5.74, 6) is 1.48. The van der Waals surface area contributed by atoms with Crippen molar-refractivity contribution in [2.45, 2.75) is 18.8 Å². The number of aromatic nitrogens is 4. The van der Waals surface area contributed by atoms with Crippen molar-refractivity contribution in [2.75, 3.05) is 13.1 Å². The summed E-state index contributed by atoms with van der Waals surface area (Å²) >= 11 is 0. The van der Waals surface area contributed by atoms with Crippen LogP contribution in [0.5, 0.6) is 0 Å². The molecule has 2 aromatic rings. The predicted octanol–water partition coefficient (Wildman–Crippen LogP) is 0.830. The van der Waals surface area contributed by atoms with Gasteiger partial charge in [0.15, 0.2) is 0 Å². The predicted molar refractivity (Wildman–Crippen MR) is 61.1 cm³/mol. The Balaban J connectivity index is 1.97. The van der Waals surface area contributed by atoms with E-state index in [0.29, 0.717) is 5.92 Å². The molecule has 2 aromatic heterocycles. The first-order valence-corrected chi connectivity index (χ1v) is 5.70. The maximum atomic E-state index is 4.60. The average Bonchev–Trinajstić information content (AvgIpc) is 2.72. The summed E-state index contributed by atoms with van der Waals surface area (Å²) in [6.45, 7) is 2.14. The lowest BCUT2D eigenvalue weighted by Crippen LogP contribution is -2.27. The highest BCUT2D eigenvalue weighted by Crippen LogP contribution is 2.23. The summed E-state index contributed by atoms with van der Waals surface area (Å²) in [5, 5.41) is 7.54. The first-order valence-electron chi connectivity index (χ1n) is 5.70. The zero-order valence-electron chi connectivity index (χ0n) is 9.35. The minimum Gasteiger partial charge on any atom is -0.317 e. The number of hydrogen-bond donors (Lipinski definition) is 1. The number of aryl methyl sites for hydroxylation is 1. The van der Waals surface area contributed by atoms with Gasteiger partial charge in [-0.25, -0.2) is 9.97 Å². The third-order valence-corrected chi connectivity index (χ3v) is 3.22. The van der Waals surface area contributed by atoms with E-state index in [1.165, 1.54) is 0 Å². The molecule has 0 atom stereocenters. The van der Waals surface area contributed by atoms with E-state index in [0.717, 1.165) is 42.8 Å². The van der Waals surface area contributed by atoms with E-state index >= 15 is 0 Å². The van der Waals surface area contributed by atoms with E-state index in [1.807, 2.05) is 24.1 Å². The zero-order valence-corrected chi connectivity index (χ0v) is 9.35. The maximum absolute atomic E-state index is 4.60. The Morgan fingerprint density at radius 3 is 2.94 bits per heavy atom. The summed E-state index contributed by atoms with van der Waals surface area (Å²) in [4.78, 5) is 9.06. The number of nitrogens with zero attached hydrogens (tertiary/aromatic N) is 4. The SMILES string of the molecule is Cn1ncc2nc(C3CCNCC3)ncc21. The third-order valence-electron chi connectivity index (χ3n) is 3.22. The van der Waals surface area contributed by atoms with Crippen LogP contribution in [-0.2, 0) is 7.05 Å². The molecule has 3 heterocycles. The third kappa shape index (κ3) is 1.57. The van der Waals surface area contributed by atoms with Crippen LogP contribution in [-0.4, -0.2) is 32.8 Å². The van der Waals surface area contributed by atoms with Crippen LogP contribution in [0, 0.1) is 0 Å². The Morgan fingerprint density at radius 1 is 1.31 bits per heavy atom. The molecule has 1 N–H and O–H groups in total. The molecule has 5 heteroatoms. The molecule has 84 valence electrons. The van der Waals surface area contributed by atoms with Gasteiger partial charge in [0.05, 0.1) is 12.4 Å². The van der Waals surface area contributed by atoms with Crippen molar-refractivity contribution < 1.29 is 0 Å². The molecule has 1 fully saturated rings. The van der Waals surface area contributed by atoms with Gasteiger partial charge in [0.1, 0.15) is 16.9 Å². The van der Waals surface area contributed by atoms with E-state index in [4.69, 9.17) is 0 Å². The number of nitrogens with one attached hydrogen (secondary N) is 1. The molecular formula is C11H15N5. The van der Waals surface area contributed by atoms with E-state index in [9.17, 15) is 0 Å². The van der Waals surface area contributed by atoms with E-state index < -0.39 is 0 Å². The molecule has 0 saturated carbocycles. The van der Waals surface area contributed by atoms with Gasteiger partial charge < -0.3 is 5.32 Å². The van der Waals surface area contributed by atoms with Gasteiger partial charge in [-0.1, -0.05) is 0 Å². The van der Waals surface area contributed by atoms with Crippen molar-refractivity contribution in [3.63, 3.8) is 0 Å². The Bertz CT molecular complexity index is 498. The summed E-state index contributed by atoms with van der Waals surface area (Å²) in [6, 6.07) is 0. The molecule has 0 unspecified atom stereocenters. The fraction of sp³-hybridized carbons (Fsp3) is 0.545. The molecule has 3 rings (SSSR count). The smallest absolute Gasteiger partial charge is 0.132 e. The highest BCUT2D eigenvalue weighted by molar-refractivity contribution is 5.72. The molecule has 0 aromatic carbocycles. The Kier molecular flexibility index (Phi) is 2.32. The molecule has 0 amide bonds. The topological polar surface area (TPSA) is 55.6 Å². The second-order valence-corrected chi connectivity index (χ2v) is 4.29. The number of rotatable bonds is 1.